The molecule has 3 aromatic rings. The standard InChI is InChI=1S/C18H21N5/c1-22-13-19-11-15(22)9-10-23-12-18(20-21-23)17-8-4-6-14-5-2-3-7-16(14)17/h4,6,8,11-13H,2-3,5,7,9-10H2,1H3. The van der Waals surface area contributed by atoms with E-state index in [1.165, 1.54) is 41.6 Å². The summed E-state index contributed by atoms with van der Waals surface area (Å²) in [6.45, 7) is 0.821. The number of aryl methyl sites for hydroxylation is 4. The third-order valence-electron chi connectivity index (χ3n) is 4.72. The van der Waals surface area contributed by atoms with Gasteiger partial charge in [0.05, 0.1) is 12.5 Å². The van der Waals surface area contributed by atoms with Crippen LogP contribution in [0.5, 0.6) is 0 Å². The zero-order chi connectivity index (χ0) is 15.6. The van der Waals surface area contributed by atoms with Crippen LogP contribution < -0.4 is 0 Å². The number of benzene rings is 1. The number of fused-ring (bicyclic) bond motifs is 1. The lowest BCUT2D eigenvalue weighted by Crippen LogP contribution is -2.05. The van der Waals surface area contributed by atoms with E-state index < -0.39 is 0 Å². The van der Waals surface area contributed by atoms with Gasteiger partial charge < -0.3 is 4.57 Å². The van der Waals surface area contributed by atoms with E-state index in [0.717, 1.165) is 25.1 Å². The van der Waals surface area contributed by atoms with Gasteiger partial charge in [-0.1, -0.05) is 23.4 Å². The molecule has 0 amide bonds. The van der Waals surface area contributed by atoms with Gasteiger partial charge in [0.25, 0.3) is 0 Å². The first-order valence-electron chi connectivity index (χ1n) is 8.28. The Kier molecular flexibility index (Phi) is 3.69. The van der Waals surface area contributed by atoms with E-state index in [1.54, 1.807) is 0 Å². The van der Waals surface area contributed by atoms with Crippen LogP contribution in [0.15, 0.2) is 36.9 Å². The Morgan fingerprint density at radius 2 is 2.09 bits per heavy atom. The van der Waals surface area contributed by atoms with Crippen LogP contribution in [0.4, 0.5) is 0 Å². The predicted octanol–water partition coefficient (Wildman–Crippen LogP) is 2.80. The maximum absolute atomic E-state index is 4.41. The first-order valence-corrected chi connectivity index (χ1v) is 8.28. The Balaban J connectivity index is 1.55. The molecule has 0 fully saturated rings. The van der Waals surface area contributed by atoms with E-state index in [9.17, 15) is 0 Å². The maximum atomic E-state index is 4.41. The fourth-order valence-electron chi connectivity index (χ4n) is 3.41. The van der Waals surface area contributed by atoms with Crippen molar-refractivity contribution >= 4 is 0 Å². The second-order valence-electron chi connectivity index (χ2n) is 6.26. The highest BCUT2D eigenvalue weighted by molar-refractivity contribution is 5.65. The SMILES string of the molecule is Cn1cncc1CCn1cc(-c2cccc3c2CCCC3)nn1. The Morgan fingerprint density at radius 1 is 1.17 bits per heavy atom. The van der Waals surface area contributed by atoms with Crippen LogP contribution in [-0.4, -0.2) is 24.5 Å². The molecule has 1 aliphatic carbocycles. The number of aromatic nitrogens is 5. The topological polar surface area (TPSA) is 48.5 Å². The van der Waals surface area contributed by atoms with Crippen LogP contribution in [0.1, 0.15) is 29.7 Å². The number of imidazole rings is 1. The summed E-state index contributed by atoms with van der Waals surface area (Å²) in [5, 5.41) is 8.72. The van der Waals surface area contributed by atoms with Crippen LogP contribution in [0.3, 0.4) is 0 Å². The first kappa shape index (κ1) is 14.2. The third-order valence-corrected chi connectivity index (χ3v) is 4.72. The Labute approximate surface area is 136 Å². The minimum atomic E-state index is 0.821. The fourth-order valence-corrected chi connectivity index (χ4v) is 3.41. The van der Waals surface area contributed by atoms with Gasteiger partial charge in [-0.2, -0.15) is 0 Å². The van der Waals surface area contributed by atoms with Crippen LogP contribution in [-0.2, 0) is 32.9 Å². The molecule has 2 aromatic heterocycles. The summed E-state index contributed by atoms with van der Waals surface area (Å²) in [4.78, 5) is 4.15. The van der Waals surface area contributed by atoms with Gasteiger partial charge in [0.2, 0.25) is 0 Å². The van der Waals surface area contributed by atoms with Crippen molar-refractivity contribution in [3.8, 4) is 11.3 Å². The molecule has 0 spiro atoms. The number of hydrogen-bond acceptors (Lipinski definition) is 3. The van der Waals surface area contributed by atoms with Crippen LogP contribution in [0, 0.1) is 0 Å². The molecule has 118 valence electrons. The molecule has 0 atom stereocenters. The largest absolute Gasteiger partial charge is 0.338 e. The summed E-state index contributed by atoms with van der Waals surface area (Å²) in [5.41, 5.74) is 6.41. The molecule has 0 bridgehead atoms. The van der Waals surface area contributed by atoms with Crippen molar-refractivity contribution in [2.45, 2.75) is 38.6 Å². The number of hydrogen-bond donors (Lipinski definition) is 0. The van der Waals surface area contributed by atoms with Crippen molar-refractivity contribution in [1.29, 1.82) is 0 Å². The molecule has 1 aliphatic rings. The summed E-state index contributed by atoms with van der Waals surface area (Å²) >= 11 is 0. The lowest BCUT2D eigenvalue weighted by molar-refractivity contribution is 0.576. The molecule has 0 unspecified atom stereocenters. The summed E-state index contributed by atoms with van der Waals surface area (Å²) in [6.07, 6.45) is 11.6. The van der Waals surface area contributed by atoms with E-state index in [2.05, 4.69) is 39.7 Å². The molecule has 2 heterocycles. The average molecular weight is 307 g/mol. The third kappa shape index (κ3) is 2.79. The van der Waals surface area contributed by atoms with Gasteiger partial charge in [0, 0.05) is 37.5 Å². The highest BCUT2D eigenvalue weighted by Crippen LogP contribution is 2.30. The Morgan fingerprint density at radius 3 is 2.96 bits per heavy atom. The first-order chi connectivity index (χ1) is 11.3. The summed E-state index contributed by atoms with van der Waals surface area (Å²) < 4.78 is 3.98. The summed E-state index contributed by atoms with van der Waals surface area (Å²) in [7, 11) is 2.02. The van der Waals surface area contributed by atoms with Crippen molar-refractivity contribution in [3.63, 3.8) is 0 Å². The van der Waals surface area contributed by atoms with Crippen molar-refractivity contribution in [2.75, 3.05) is 0 Å². The van der Waals surface area contributed by atoms with Crippen molar-refractivity contribution in [3.05, 3.63) is 53.7 Å². The molecular formula is C18H21N5. The van der Waals surface area contributed by atoms with Crippen molar-refractivity contribution < 1.29 is 0 Å². The van der Waals surface area contributed by atoms with Crippen LogP contribution in [0.2, 0.25) is 0 Å². The van der Waals surface area contributed by atoms with Crippen LogP contribution in [0.25, 0.3) is 11.3 Å². The molecule has 0 aliphatic heterocycles. The zero-order valence-electron chi connectivity index (χ0n) is 13.4. The highest BCUT2D eigenvalue weighted by Gasteiger charge is 2.15. The smallest absolute Gasteiger partial charge is 0.113 e. The van der Waals surface area contributed by atoms with E-state index in [4.69, 9.17) is 0 Å². The lowest BCUT2D eigenvalue weighted by Gasteiger charge is -2.18. The quantitative estimate of drug-likeness (QED) is 0.744. The average Bonchev–Trinajstić information content (AvgIpc) is 3.21. The summed E-state index contributed by atoms with van der Waals surface area (Å²) in [5.74, 6) is 0. The Bertz CT molecular complexity index is 814. The lowest BCUT2D eigenvalue weighted by atomic mass is 9.87. The molecule has 0 saturated carbocycles. The van der Waals surface area contributed by atoms with Gasteiger partial charge in [-0.25, -0.2) is 4.98 Å². The molecule has 0 saturated heterocycles. The van der Waals surface area contributed by atoms with E-state index in [1.807, 2.05) is 28.8 Å². The summed E-state index contributed by atoms with van der Waals surface area (Å²) in [6, 6.07) is 6.58. The molecular weight excluding hydrogens is 286 g/mol. The van der Waals surface area contributed by atoms with Gasteiger partial charge in [0.1, 0.15) is 5.69 Å². The molecule has 0 radical (unpaired) electrons. The molecule has 4 rings (SSSR count). The molecule has 1 aromatic carbocycles. The van der Waals surface area contributed by atoms with Crippen molar-refractivity contribution in [1.82, 2.24) is 24.5 Å². The monoisotopic (exact) mass is 307 g/mol. The maximum Gasteiger partial charge on any atom is 0.113 e. The normalized spacial score (nSPS) is 14.0. The Hall–Kier alpha value is -2.43. The van der Waals surface area contributed by atoms with Gasteiger partial charge in [-0.15, -0.1) is 5.10 Å². The van der Waals surface area contributed by atoms with Crippen molar-refractivity contribution in [2.24, 2.45) is 7.05 Å². The number of nitrogens with zero attached hydrogens (tertiary/aromatic N) is 5. The van der Waals surface area contributed by atoms with Gasteiger partial charge in [0.15, 0.2) is 0 Å². The highest BCUT2D eigenvalue weighted by atomic mass is 15.4. The molecule has 5 nitrogen and oxygen atoms in total. The zero-order valence-corrected chi connectivity index (χ0v) is 13.4. The van der Waals surface area contributed by atoms with Crippen LogP contribution >= 0.6 is 0 Å². The van der Waals surface area contributed by atoms with Gasteiger partial charge >= 0.3 is 0 Å². The predicted molar refractivity (Wildman–Crippen MR) is 89.0 cm³/mol. The second kappa shape index (κ2) is 5.99. The van der Waals surface area contributed by atoms with Gasteiger partial charge in [-0.3, -0.25) is 4.68 Å². The minimum Gasteiger partial charge on any atom is -0.338 e. The minimum absolute atomic E-state index is 0.821. The number of rotatable bonds is 4. The van der Waals surface area contributed by atoms with E-state index in [0.29, 0.717) is 0 Å². The van der Waals surface area contributed by atoms with Gasteiger partial charge in [-0.05, 0) is 36.8 Å². The molecule has 23 heavy (non-hydrogen) atoms. The van der Waals surface area contributed by atoms with E-state index in [-0.39, 0.29) is 0 Å². The molecule has 0 N–H and O–H groups in total. The fraction of sp³-hybridized carbons (Fsp3) is 0.389. The van der Waals surface area contributed by atoms with E-state index >= 15 is 0 Å². The molecule has 5 heteroatoms. The second-order valence-corrected chi connectivity index (χ2v) is 6.26.